The fourth-order valence-electron chi connectivity index (χ4n) is 2.14. The van der Waals surface area contributed by atoms with Gasteiger partial charge in [-0.15, -0.1) is 0 Å². The van der Waals surface area contributed by atoms with Gasteiger partial charge in [0.2, 0.25) is 0 Å². The van der Waals surface area contributed by atoms with E-state index in [1.165, 1.54) is 6.42 Å². The summed E-state index contributed by atoms with van der Waals surface area (Å²) in [6.45, 7) is 7.09. The molecule has 5 heteroatoms. The maximum Gasteiger partial charge on any atom is 0.127 e. The van der Waals surface area contributed by atoms with Crippen LogP contribution in [0.1, 0.15) is 13.3 Å². The number of hydrogen-bond donors (Lipinski definition) is 0. The minimum absolute atomic E-state index is 0.684. The van der Waals surface area contributed by atoms with E-state index in [0.29, 0.717) is 5.02 Å². The van der Waals surface area contributed by atoms with Crippen LogP contribution in [0.2, 0.25) is 5.02 Å². The number of halogens is 1. The van der Waals surface area contributed by atoms with Crippen molar-refractivity contribution in [3.63, 3.8) is 0 Å². The number of nitrogens with zero attached hydrogens (tertiary/aromatic N) is 2. The SMILES string of the molecule is CCCN1CCN(S(=O)c2ccc(Cl)cc2)CC1. The summed E-state index contributed by atoms with van der Waals surface area (Å²) >= 11 is 5.84. The largest absolute Gasteiger partial charge is 0.301 e. The number of hydrogen-bond acceptors (Lipinski definition) is 2. The van der Waals surface area contributed by atoms with Gasteiger partial charge in [0.1, 0.15) is 11.0 Å². The van der Waals surface area contributed by atoms with E-state index < -0.39 is 11.0 Å². The van der Waals surface area contributed by atoms with E-state index in [9.17, 15) is 4.21 Å². The van der Waals surface area contributed by atoms with E-state index in [1.807, 2.05) is 16.4 Å². The summed E-state index contributed by atoms with van der Waals surface area (Å²) in [5.41, 5.74) is 0. The molecule has 1 aliphatic heterocycles. The summed E-state index contributed by atoms with van der Waals surface area (Å²) in [5.74, 6) is 0. The molecule has 0 spiro atoms. The third-order valence-corrected chi connectivity index (χ3v) is 4.88. The van der Waals surface area contributed by atoms with Crippen LogP contribution in [0.3, 0.4) is 0 Å². The van der Waals surface area contributed by atoms with E-state index >= 15 is 0 Å². The van der Waals surface area contributed by atoms with E-state index in [-0.39, 0.29) is 0 Å². The normalized spacial score (nSPS) is 19.9. The van der Waals surface area contributed by atoms with Gasteiger partial charge in [-0.2, -0.15) is 0 Å². The summed E-state index contributed by atoms with van der Waals surface area (Å²) in [7, 11) is -1.05. The predicted octanol–water partition coefficient (Wildman–Crippen LogP) is 2.39. The lowest BCUT2D eigenvalue weighted by atomic mass is 10.3. The Bertz CT molecular complexity index is 402. The van der Waals surface area contributed by atoms with Gasteiger partial charge in [-0.05, 0) is 37.2 Å². The Morgan fingerprint density at radius 1 is 1.17 bits per heavy atom. The first-order chi connectivity index (χ1) is 8.70. The molecule has 1 atom stereocenters. The van der Waals surface area contributed by atoms with Crippen molar-refractivity contribution in [2.24, 2.45) is 0 Å². The highest BCUT2D eigenvalue weighted by Crippen LogP contribution is 2.16. The van der Waals surface area contributed by atoms with Gasteiger partial charge < -0.3 is 4.90 Å². The minimum Gasteiger partial charge on any atom is -0.301 e. The molecule has 0 radical (unpaired) electrons. The lowest BCUT2D eigenvalue weighted by Gasteiger charge is -2.33. The molecule has 1 aliphatic rings. The molecular weight excluding hydrogens is 268 g/mol. The fourth-order valence-corrected chi connectivity index (χ4v) is 3.42. The molecule has 1 heterocycles. The van der Waals surface area contributed by atoms with Crippen LogP contribution in [0.15, 0.2) is 29.2 Å². The molecule has 0 amide bonds. The van der Waals surface area contributed by atoms with Crippen molar-refractivity contribution in [2.75, 3.05) is 32.7 Å². The minimum atomic E-state index is -1.05. The van der Waals surface area contributed by atoms with Crippen molar-refractivity contribution in [1.29, 1.82) is 0 Å². The molecular formula is C13H19ClN2OS. The second-order valence-electron chi connectivity index (χ2n) is 4.47. The molecule has 1 unspecified atom stereocenters. The lowest BCUT2D eigenvalue weighted by molar-refractivity contribution is 0.193. The highest BCUT2D eigenvalue weighted by Gasteiger charge is 2.21. The van der Waals surface area contributed by atoms with Crippen LogP contribution in [0.25, 0.3) is 0 Å². The molecule has 0 aromatic heterocycles. The maximum absolute atomic E-state index is 12.4. The molecule has 18 heavy (non-hydrogen) atoms. The lowest BCUT2D eigenvalue weighted by Crippen LogP contribution is -2.46. The zero-order valence-corrected chi connectivity index (χ0v) is 12.2. The molecule has 1 fully saturated rings. The number of benzene rings is 1. The molecule has 1 saturated heterocycles. The van der Waals surface area contributed by atoms with E-state index in [0.717, 1.165) is 37.6 Å². The fraction of sp³-hybridized carbons (Fsp3) is 0.538. The summed E-state index contributed by atoms with van der Waals surface area (Å²) in [6.07, 6.45) is 1.18. The number of rotatable bonds is 4. The Balaban J connectivity index is 1.93. The Labute approximate surface area is 116 Å². The molecule has 3 nitrogen and oxygen atoms in total. The zero-order valence-electron chi connectivity index (χ0n) is 10.6. The molecule has 0 N–H and O–H groups in total. The van der Waals surface area contributed by atoms with Crippen LogP contribution in [0.4, 0.5) is 0 Å². The Morgan fingerprint density at radius 2 is 1.78 bits per heavy atom. The average molecular weight is 287 g/mol. The second kappa shape index (κ2) is 6.66. The van der Waals surface area contributed by atoms with Crippen molar-refractivity contribution in [1.82, 2.24) is 9.21 Å². The molecule has 0 aliphatic carbocycles. The first-order valence-electron chi connectivity index (χ1n) is 6.35. The smallest absolute Gasteiger partial charge is 0.127 e. The van der Waals surface area contributed by atoms with Crippen LogP contribution in [0, 0.1) is 0 Å². The monoisotopic (exact) mass is 286 g/mol. The van der Waals surface area contributed by atoms with Gasteiger partial charge >= 0.3 is 0 Å². The van der Waals surface area contributed by atoms with Gasteiger partial charge in [-0.3, -0.25) is 0 Å². The van der Waals surface area contributed by atoms with Crippen LogP contribution in [0.5, 0.6) is 0 Å². The Hall–Kier alpha value is -0.420. The standard InChI is InChI=1S/C13H19ClN2OS/c1-2-7-15-8-10-16(11-9-15)18(17)13-5-3-12(14)4-6-13/h3-6H,2,7-11H2,1H3. The summed E-state index contributed by atoms with van der Waals surface area (Å²) < 4.78 is 14.4. The quantitative estimate of drug-likeness (QED) is 0.848. The van der Waals surface area contributed by atoms with Gasteiger partial charge in [0.15, 0.2) is 0 Å². The summed E-state index contributed by atoms with van der Waals surface area (Å²) in [6, 6.07) is 7.28. The maximum atomic E-state index is 12.4. The van der Waals surface area contributed by atoms with Crippen molar-refractivity contribution >= 4 is 22.6 Å². The van der Waals surface area contributed by atoms with E-state index in [4.69, 9.17) is 11.6 Å². The topological polar surface area (TPSA) is 23.6 Å². The molecule has 0 bridgehead atoms. The highest BCUT2D eigenvalue weighted by atomic mass is 35.5. The van der Waals surface area contributed by atoms with E-state index in [2.05, 4.69) is 11.8 Å². The third kappa shape index (κ3) is 3.54. The van der Waals surface area contributed by atoms with Crippen LogP contribution in [-0.2, 0) is 11.0 Å². The van der Waals surface area contributed by atoms with Crippen LogP contribution in [-0.4, -0.2) is 46.1 Å². The van der Waals surface area contributed by atoms with Crippen molar-refractivity contribution < 1.29 is 4.21 Å². The van der Waals surface area contributed by atoms with Crippen molar-refractivity contribution in [2.45, 2.75) is 18.2 Å². The summed E-state index contributed by atoms with van der Waals surface area (Å²) in [4.78, 5) is 3.26. The molecule has 100 valence electrons. The van der Waals surface area contributed by atoms with Gasteiger partial charge in [0.25, 0.3) is 0 Å². The third-order valence-electron chi connectivity index (χ3n) is 3.12. The van der Waals surface area contributed by atoms with Crippen molar-refractivity contribution in [3.8, 4) is 0 Å². The zero-order chi connectivity index (χ0) is 13.0. The first-order valence-corrected chi connectivity index (χ1v) is 7.84. The first kappa shape index (κ1) is 14.0. The highest BCUT2D eigenvalue weighted by molar-refractivity contribution is 7.82. The molecule has 2 rings (SSSR count). The van der Waals surface area contributed by atoms with E-state index in [1.54, 1.807) is 12.1 Å². The predicted molar refractivity (Wildman–Crippen MR) is 76.2 cm³/mol. The van der Waals surface area contributed by atoms with Gasteiger partial charge in [0.05, 0.1) is 4.90 Å². The van der Waals surface area contributed by atoms with Crippen LogP contribution < -0.4 is 0 Å². The number of piperazine rings is 1. The molecule has 1 aromatic carbocycles. The van der Waals surface area contributed by atoms with Gasteiger partial charge in [-0.1, -0.05) is 18.5 Å². The summed E-state index contributed by atoms with van der Waals surface area (Å²) in [5, 5.41) is 0.684. The molecule has 0 saturated carbocycles. The molecule has 1 aromatic rings. The average Bonchev–Trinajstić information content (AvgIpc) is 2.40. The van der Waals surface area contributed by atoms with Gasteiger partial charge in [-0.25, -0.2) is 8.51 Å². The van der Waals surface area contributed by atoms with Gasteiger partial charge in [0, 0.05) is 31.2 Å². The van der Waals surface area contributed by atoms with Crippen molar-refractivity contribution in [3.05, 3.63) is 29.3 Å². The van der Waals surface area contributed by atoms with Crippen LogP contribution >= 0.6 is 11.6 Å². The second-order valence-corrected chi connectivity index (χ2v) is 6.40. The Morgan fingerprint density at radius 3 is 2.33 bits per heavy atom. The Kier molecular flexibility index (Phi) is 5.18.